The van der Waals surface area contributed by atoms with Gasteiger partial charge in [-0.15, -0.1) is 0 Å². The molecule has 0 saturated carbocycles. The molecule has 0 aliphatic heterocycles. The van der Waals surface area contributed by atoms with Crippen LogP contribution in [0.3, 0.4) is 0 Å². The summed E-state index contributed by atoms with van der Waals surface area (Å²) >= 11 is 9.36. The first-order valence-electron chi connectivity index (χ1n) is 5.50. The summed E-state index contributed by atoms with van der Waals surface area (Å²) in [6, 6.07) is 8.00. The highest BCUT2D eigenvalue weighted by Crippen LogP contribution is 2.19. The lowest BCUT2D eigenvalue weighted by Crippen LogP contribution is -2.01. The predicted octanol–water partition coefficient (Wildman–Crippen LogP) is 3.93. The Bertz CT molecular complexity index is 517. The Kier molecular flexibility index (Phi) is 3.89. The molecule has 1 heterocycles. The second-order valence-electron chi connectivity index (χ2n) is 4.08. The van der Waals surface area contributed by atoms with Crippen molar-refractivity contribution < 1.29 is 0 Å². The van der Waals surface area contributed by atoms with Gasteiger partial charge >= 0.3 is 0 Å². The normalized spacial score (nSPS) is 10.8. The third-order valence-electron chi connectivity index (χ3n) is 2.95. The van der Waals surface area contributed by atoms with Crippen LogP contribution in [0, 0.1) is 6.92 Å². The van der Waals surface area contributed by atoms with Crippen molar-refractivity contribution in [3.8, 4) is 0 Å². The fraction of sp³-hybridized carbons (Fsp3) is 0.308. The van der Waals surface area contributed by atoms with E-state index in [1.807, 2.05) is 26.1 Å². The van der Waals surface area contributed by atoms with Gasteiger partial charge in [-0.05, 0) is 53.4 Å². The molecule has 0 fully saturated rings. The molecule has 0 aliphatic carbocycles. The second kappa shape index (κ2) is 5.23. The quantitative estimate of drug-likeness (QED) is 0.839. The zero-order valence-corrected chi connectivity index (χ0v) is 12.2. The van der Waals surface area contributed by atoms with E-state index in [2.05, 4.69) is 37.6 Å². The Morgan fingerprint density at radius 3 is 2.41 bits per heavy atom. The third kappa shape index (κ3) is 2.90. The lowest BCUT2D eigenvalue weighted by atomic mass is 10.1. The molecule has 0 spiro atoms. The van der Waals surface area contributed by atoms with Crippen LogP contribution < -0.4 is 0 Å². The number of halogens is 2. The van der Waals surface area contributed by atoms with Crippen LogP contribution in [0.5, 0.6) is 0 Å². The molecule has 1 aromatic heterocycles. The highest BCUT2D eigenvalue weighted by atomic mass is 79.9. The molecule has 2 aromatic rings. The summed E-state index contributed by atoms with van der Waals surface area (Å²) in [5, 5.41) is 0.784. The van der Waals surface area contributed by atoms with Gasteiger partial charge in [0.1, 0.15) is 10.4 Å². The first kappa shape index (κ1) is 12.7. The van der Waals surface area contributed by atoms with Gasteiger partial charge in [0.25, 0.3) is 0 Å². The smallest absolute Gasteiger partial charge is 0.127 e. The molecule has 0 bridgehead atoms. The summed E-state index contributed by atoms with van der Waals surface area (Å²) in [6.45, 7) is 2.01. The van der Waals surface area contributed by atoms with Crippen LogP contribution in [-0.4, -0.2) is 9.55 Å². The molecular formula is C13H14BrClN2. The van der Waals surface area contributed by atoms with E-state index in [9.17, 15) is 0 Å². The van der Waals surface area contributed by atoms with E-state index in [0.29, 0.717) is 0 Å². The number of aryl methyl sites for hydroxylation is 2. The largest absolute Gasteiger partial charge is 0.334 e. The van der Waals surface area contributed by atoms with Crippen molar-refractivity contribution in [1.82, 2.24) is 9.55 Å². The monoisotopic (exact) mass is 312 g/mol. The number of benzene rings is 1. The molecule has 2 rings (SSSR count). The van der Waals surface area contributed by atoms with Gasteiger partial charge in [-0.3, -0.25) is 0 Å². The maximum absolute atomic E-state index is 5.86. The van der Waals surface area contributed by atoms with E-state index in [-0.39, 0.29) is 0 Å². The zero-order valence-electron chi connectivity index (χ0n) is 9.87. The molecule has 17 heavy (non-hydrogen) atoms. The molecule has 0 N–H and O–H groups in total. The minimum absolute atomic E-state index is 0.784. The van der Waals surface area contributed by atoms with Gasteiger partial charge in [0.05, 0.1) is 5.69 Å². The van der Waals surface area contributed by atoms with Gasteiger partial charge in [0.2, 0.25) is 0 Å². The van der Waals surface area contributed by atoms with Gasteiger partial charge < -0.3 is 4.57 Å². The number of hydrogen-bond acceptors (Lipinski definition) is 1. The molecule has 0 atom stereocenters. The summed E-state index contributed by atoms with van der Waals surface area (Å²) in [5.41, 5.74) is 2.53. The minimum atomic E-state index is 0.784. The van der Waals surface area contributed by atoms with E-state index in [0.717, 1.165) is 28.3 Å². The Labute approximate surface area is 115 Å². The summed E-state index contributed by atoms with van der Waals surface area (Å²) < 4.78 is 3.08. The molecule has 2 nitrogen and oxygen atoms in total. The highest BCUT2D eigenvalue weighted by Gasteiger charge is 2.09. The molecule has 4 heteroatoms. The SMILES string of the molecule is Cc1nc(Br)c(CCc2ccc(Cl)cc2)n1C. The maximum atomic E-state index is 5.86. The van der Waals surface area contributed by atoms with Crippen LogP contribution in [0.4, 0.5) is 0 Å². The van der Waals surface area contributed by atoms with Crippen molar-refractivity contribution in [2.75, 3.05) is 0 Å². The summed E-state index contributed by atoms with van der Waals surface area (Å²) in [7, 11) is 2.05. The first-order chi connectivity index (χ1) is 8.08. The van der Waals surface area contributed by atoms with Gasteiger partial charge in [0.15, 0.2) is 0 Å². The number of rotatable bonds is 3. The lowest BCUT2D eigenvalue weighted by Gasteiger charge is -2.05. The van der Waals surface area contributed by atoms with Crippen molar-refractivity contribution in [2.24, 2.45) is 7.05 Å². The van der Waals surface area contributed by atoms with E-state index in [4.69, 9.17) is 11.6 Å². The molecular weight excluding hydrogens is 300 g/mol. The Hall–Kier alpha value is -0.800. The first-order valence-corrected chi connectivity index (χ1v) is 6.67. The summed E-state index contributed by atoms with van der Waals surface area (Å²) in [4.78, 5) is 4.40. The van der Waals surface area contributed by atoms with Crippen molar-refractivity contribution in [3.05, 3.63) is 51.0 Å². The molecule has 0 amide bonds. The molecule has 90 valence electrons. The topological polar surface area (TPSA) is 17.8 Å². The fourth-order valence-corrected chi connectivity index (χ4v) is 2.65. The average Bonchev–Trinajstić information content (AvgIpc) is 2.54. The number of aromatic nitrogens is 2. The second-order valence-corrected chi connectivity index (χ2v) is 5.27. The lowest BCUT2D eigenvalue weighted by molar-refractivity contribution is 0.771. The summed E-state index contributed by atoms with van der Waals surface area (Å²) in [5.74, 6) is 1.03. The van der Waals surface area contributed by atoms with Gasteiger partial charge in [-0.1, -0.05) is 23.7 Å². The standard InChI is InChI=1S/C13H14BrClN2/c1-9-16-13(14)12(17(9)2)8-5-10-3-6-11(15)7-4-10/h3-4,6-7H,5,8H2,1-2H3. The number of hydrogen-bond donors (Lipinski definition) is 0. The van der Waals surface area contributed by atoms with Crippen LogP contribution >= 0.6 is 27.5 Å². The van der Waals surface area contributed by atoms with Crippen LogP contribution in [0.15, 0.2) is 28.9 Å². The Morgan fingerprint density at radius 2 is 1.88 bits per heavy atom. The Balaban J connectivity index is 2.09. The molecule has 0 unspecified atom stereocenters. The maximum Gasteiger partial charge on any atom is 0.127 e. The minimum Gasteiger partial charge on any atom is -0.334 e. The van der Waals surface area contributed by atoms with Crippen LogP contribution in [0.1, 0.15) is 17.1 Å². The highest BCUT2D eigenvalue weighted by molar-refractivity contribution is 9.10. The van der Waals surface area contributed by atoms with E-state index in [1.54, 1.807) is 0 Å². The van der Waals surface area contributed by atoms with Crippen molar-refractivity contribution >= 4 is 27.5 Å². The summed E-state index contributed by atoms with van der Waals surface area (Å²) in [6.07, 6.45) is 1.97. The fourth-order valence-electron chi connectivity index (χ4n) is 1.80. The van der Waals surface area contributed by atoms with E-state index >= 15 is 0 Å². The average molecular weight is 314 g/mol. The number of imidazole rings is 1. The van der Waals surface area contributed by atoms with E-state index < -0.39 is 0 Å². The van der Waals surface area contributed by atoms with Gasteiger partial charge in [0, 0.05) is 12.1 Å². The van der Waals surface area contributed by atoms with Crippen LogP contribution in [0.2, 0.25) is 5.02 Å². The zero-order chi connectivity index (χ0) is 12.4. The Morgan fingerprint density at radius 1 is 1.24 bits per heavy atom. The molecule has 0 saturated heterocycles. The van der Waals surface area contributed by atoms with Crippen molar-refractivity contribution in [1.29, 1.82) is 0 Å². The molecule has 0 aliphatic rings. The predicted molar refractivity (Wildman–Crippen MR) is 74.5 cm³/mol. The van der Waals surface area contributed by atoms with Crippen molar-refractivity contribution in [3.63, 3.8) is 0 Å². The molecule has 1 aromatic carbocycles. The van der Waals surface area contributed by atoms with Crippen molar-refractivity contribution in [2.45, 2.75) is 19.8 Å². The third-order valence-corrected chi connectivity index (χ3v) is 3.84. The number of nitrogens with zero attached hydrogens (tertiary/aromatic N) is 2. The van der Waals surface area contributed by atoms with E-state index in [1.165, 1.54) is 11.3 Å². The molecule has 0 radical (unpaired) electrons. The van der Waals surface area contributed by atoms with Crippen LogP contribution in [0.25, 0.3) is 0 Å². The van der Waals surface area contributed by atoms with Crippen LogP contribution in [-0.2, 0) is 19.9 Å². The van der Waals surface area contributed by atoms with Gasteiger partial charge in [-0.25, -0.2) is 4.98 Å². The van der Waals surface area contributed by atoms with Gasteiger partial charge in [-0.2, -0.15) is 0 Å².